The number of hydrogen-bond acceptors (Lipinski definition) is 4. The Morgan fingerprint density at radius 2 is 1.90 bits per heavy atom. The van der Waals surface area contributed by atoms with Gasteiger partial charge in [-0.05, 0) is 68.6 Å². The van der Waals surface area contributed by atoms with Gasteiger partial charge in [0.05, 0.1) is 17.5 Å². The van der Waals surface area contributed by atoms with Crippen LogP contribution in [-0.4, -0.2) is 35.2 Å². The van der Waals surface area contributed by atoms with Crippen LogP contribution in [0.25, 0.3) is 0 Å². The fraction of sp³-hybridized carbons (Fsp3) is 0.375. The van der Waals surface area contributed by atoms with Crippen LogP contribution in [0.1, 0.15) is 29.5 Å². The number of carbonyl (C=O) groups is 3. The summed E-state index contributed by atoms with van der Waals surface area (Å²) in [6.07, 6.45) is 1.57. The number of fused-ring (bicyclic) bond motifs is 7. The second kappa shape index (κ2) is 6.01. The van der Waals surface area contributed by atoms with Crippen molar-refractivity contribution in [1.29, 1.82) is 0 Å². The largest absolute Gasteiger partial charge is 0.324 e. The third kappa shape index (κ3) is 2.07. The molecule has 6 rings (SSSR count). The third-order valence-corrected chi connectivity index (χ3v) is 7.77. The van der Waals surface area contributed by atoms with Crippen molar-refractivity contribution in [2.24, 2.45) is 11.8 Å². The molecule has 2 aromatic rings. The topological polar surface area (TPSA) is 69.7 Å². The number of imide groups is 1. The molecule has 0 bridgehead atoms. The van der Waals surface area contributed by atoms with Crippen molar-refractivity contribution < 1.29 is 18.8 Å². The normalized spacial score (nSPS) is 31.4. The Hall–Kier alpha value is -3.06. The smallest absolute Gasteiger partial charge is 0.250 e. The van der Waals surface area contributed by atoms with Crippen molar-refractivity contribution in [3.05, 3.63) is 58.9 Å². The summed E-state index contributed by atoms with van der Waals surface area (Å²) >= 11 is 0. The Bertz CT molecular complexity index is 1190. The summed E-state index contributed by atoms with van der Waals surface area (Å²) in [6, 6.07) is 9.53. The van der Waals surface area contributed by atoms with Crippen LogP contribution >= 0.6 is 0 Å². The van der Waals surface area contributed by atoms with Gasteiger partial charge < -0.3 is 5.32 Å². The molecule has 1 N–H and O–H groups in total. The highest BCUT2D eigenvalue weighted by Crippen LogP contribution is 2.60. The molecule has 6 nitrogen and oxygen atoms in total. The number of aryl methyl sites for hydroxylation is 1. The highest BCUT2D eigenvalue weighted by atomic mass is 19.1. The average molecular weight is 419 g/mol. The van der Waals surface area contributed by atoms with E-state index < -0.39 is 23.2 Å². The van der Waals surface area contributed by atoms with Crippen LogP contribution < -0.4 is 10.2 Å². The summed E-state index contributed by atoms with van der Waals surface area (Å²) in [5.41, 5.74) is 2.07. The van der Waals surface area contributed by atoms with E-state index in [1.807, 2.05) is 30.9 Å². The van der Waals surface area contributed by atoms with Gasteiger partial charge in [-0.1, -0.05) is 12.1 Å². The Balaban J connectivity index is 1.58. The lowest BCUT2D eigenvalue weighted by Crippen LogP contribution is -2.54. The lowest BCUT2D eigenvalue weighted by molar-refractivity contribution is -0.135. The summed E-state index contributed by atoms with van der Waals surface area (Å²) in [7, 11) is 0. The first-order valence-electron chi connectivity index (χ1n) is 10.7. The number of rotatable bonds is 1. The van der Waals surface area contributed by atoms with Crippen molar-refractivity contribution in [3.8, 4) is 0 Å². The number of benzene rings is 2. The first-order valence-corrected chi connectivity index (χ1v) is 10.7. The van der Waals surface area contributed by atoms with Crippen LogP contribution in [0.3, 0.4) is 0 Å². The molecule has 3 saturated heterocycles. The van der Waals surface area contributed by atoms with Crippen LogP contribution in [0, 0.1) is 31.5 Å². The van der Waals surface area contributed by atoms with Gasteiger partial charge in [-0.25, -0.2) is 9.29 Å². The highest BCUT2D eigenvalue weighted by molar-refractivity contribution is 6.26. The maximum Gasteiger partial charge on any atom is 0.250 e. The van der Waals surface area contributed by atoms with E-state index >= 15 is 0 Å². The number of amides is 3. The van der Waals surface area contributed by atoms with Crippen LogP contribution in [-0.2, 0) is 19.9 Å². The zero-order chi connectivity index (χ0) is 21.7. The molecule has 0 unspecified atom stereocenters. The molecule has 4 atom stereocenters. The molecule has 31 heavy (non-hydrogen) atoms. The quantitative estimate of drug-likeness (QED) is 0.722. The number of nitrogens with zero attached hydrogens (tertiary/aromatic N) is 2. The van der Waals surface area contributed by atoms with Gasteiger partial charge in [-0.2, -0.15) is 0 Å². The average Bonchev–Trinajstić information content (AvgIpc) is 3.43. The monoisotopic (exact) mass is 419 g/mol. The van der Waals surface area contributed by atoms with Gasteiger partial charge in [-0.3, -0.25) is 19.3 Å². The molecule has 7 heteroatoms. The van der Waals surface area contributed by atoms with Gasteiger partial charge in [0.1, 0.15) is 11.4 Å². The first-order chi connectivity index (χ1) is 14.9. The molecule has 0 saturated carbocycles. The molecule has 4 aliphatic heterocycles. The van der Waals surface area contributed by atoms with Crippen LogP contribution in [0.4, 0.5) is 15.8 Å². The fourth-order valence-corrected chi connectivity index (χ4v) is 6.39. The minimum atomic E-state index is -1.34. The Kier molecular flexibility index (Phi) is 3.62. The van der Waals surface area contributed by atoms with Crippen LogP contribution in [0.2, 0.25) is 0 Å². The summed E-state index contributed by atoms with van der Waals surface area (Å²) in [4.78, 5) is 44.4. The number of halogens is 1. The van der Waals surface area contributed by atoms with Gasteiger partial charge in [0.25, 0.3) is 0 Å². The predicted molar refractivity (Wildman–Crippen MR) is 112 cm³/mol. The first kappa shape index (κ1) is 18.7. The fourth-order valence-electron chi connectivity index (χ4n) is 6.39. The van der Waals surface area contributed by atoms with Gasteiger partial charge in [0.2, 0.25) is 17.7 Å². The Morgan fingerprint density at radius 1 is 1.10 bits per heavy atom. The second-order valence-corrected chi connectivity index (χ2v) is 9.05. The molecule has 3 amide bonds. The molecular weight excluding hydrogens is 397 g/mol. The summed E-state index contributed by atoms with van der Waals surface area (Å²) < 4.78 is 14.3. The summed E-state index contributed by atoms with van der Waals surface area (Å²) in [5, 5.41) is 2.86. The van der Waals surface area contributed by atoms with Crippen LogP contribution in [0.15, 0.2) is 36.4 Å². The third-order valence-electron chi connectivity index (χ3n) is 7.77. The zero-order valence-corrected chi connectivity index (χ0v) is 17.3. The molecule has 4 aliphatic rings. The number of hydrogen-bond donors (Lipinski definition) is 1. The maximum absolute atomic E-state index is 14.3. The predicted octanol–water partition coefficient (Wildman–Crippen LogP) is 2.87. The van der Waals surface area contributed by atoms with E-state index in [0.29, 0.717) is 23.5 Å². The summed E-state index contributed by atoms with van der Waals surface area (Å²) in [5.74, 6) is -2.91. The standard InChI is InChI=1S/C24H22FN3O3/c1-12-5-3-6-17(13(12)2)28-21(29)19-18-7-4-10-27(18)24(20(19)22(28)30)15-11-14(25)8-9-16(15)26-23(24)31/h3,5-6,8-9,11,18-20H,4,7,10H2,1-2H3,(H,26,31)/t18-,19+,20-,24-/m0/s1. The second-order valence-electron chi connectivity index (χ2n) is 9.05. The van der Waals surface area contributed by atoms with Gasteiger partial charge >= 0.3 is 0 Å². The molecule has 0 aliphatic carbocycles. The van der Waals surface area contributed by atoms with Crippen molar-refractivity contribution in [2.45, 2.75) is 38.3 Å². The maximum atomic E-state index is 14.3. The van der Waals surface area contributed by atoms with E-state index in [1.54, 1.807) is 12.1 Å². The molecule has 158 valence electrons. The van der Waals surface area contributed by atoms with Crippen LogP contribution in [0.5, 0.6) is 0 Å². The van der Waals surface area contributed by atoms with E-state index in [-0.39, 0.29) is 23.8 Å². The molecular formula is C24H22FN3O3. The van der Waals surface area contributed by atoms with Gasteiger partial charge in [0, 0.05) is 17.3 Å². The molecule has 4 heterocycles. The minimum absolute atomic E-state index is 0.212. The number of anilines is 2. The Labute approximate surface area is 179 Å². The number of carbonyl (C=O) groups excluding carboxylic acids is 3. The van der Waals surface area contributed by atoms with Crippen molar-refractivity contribution in [3.63, 3.8) is 0 Å². The highest BCUT2D eigenvalue weighted by Gasteiger charge is 2.74. The molecule has 3 fully saturated rings. The molecule has 1 spiro atoms. The van der Waals surface area contributed by atoms with E-state index in [0.717, 1.165) is 24.0 Å². The Morgan fingerprint density at radius 3 is 2.71 bits per heavy atom. The molecule has 0 aromatic heterocycles. The van der Waals surface area contributed by atoms with Crippen molar-refractivity contribution in [2.75, 3.05) is 16.8 Å². The SMILES string of the molecule is Cc1cccc(N2C(=O)[C@H]3[C@@H](C2=O)[C@@]2(C(=O)Nc4ccc(F)cc42)N2CCC[C@@H]32)c1C. The zero-order valence-electron chi connectivity index (χ0n) is 17.3. The number of nitrogens with one attached hydrogen (secondary N) is 1. The lowest BCUT2D eigenvalue weighted by atomic mass is 9.75. The van der Waals surface area contributed by atoms with E-state index in [1.165, 1.54) is 17.0 Å². The minimum Gasteiger partial charge on any atom is -0.324 e. The summed E-state index contributed by atoms with van der Waals surface area (Å²) in [6.45, 7) is 4.43. The van der Waals surface area contributed by atoms with Crippen molar-refractivity contribution in [1.82, 2.24) is 4.90 Å². The van der Waals surface area contributed by atoms with E-state index in [4.69, 9.17) is 0 Å². The van der Waals surface area contributed by atoms with Gasteiger partial charge in [-0.15, -0.1) is 0 Å². The molecule has 0 radical (unpaired) electrons. The van der Waals surface area contributed by atoms with Gasteiger partial charge in [0.15, 0.2) is 0 Å². The van der Waals surface area contributed by atoms with Crippen molar-refractivity contribution >= 4 is 29.1 Å². The van der Waals surface area contributed by atoms with E-state index in [2.05, 4.69) is 5.32 Å². The van der Waals surface area contributed by atoms with E-state index in [9.17, 15) is 18.8 Å². The molecule has 2 aromatic carbocycles. The lowest BCUT2D eigenvalue weighted by Gasteiger charge is -2.36.